The quantitative estimate of drug-likeness (QED) is 0.454. The Morgan fingerprint density at radius 2 is 1.50 bits per heavy atom. The number of anilines is 1. The first-order valence-electron chi connectivity index (χ1n) is 10.0. The Bertz CT molecular complexity index is 1400. The van der Waals surface area contributed by atoms with Crippen LogP contribution in [0.2, 0.25) is 10.0 Å². The van der Waals surface area contributed by atoms with Gasteiger partial charge in [-0.3, -0.25) is 9.10 Å². The average Bonchev–Trinajstić information content (AvgIpc) is 2.79. The number of sulfone groups is 1. The van der Waals surface area contributed by atoms with Crippen LogP contribution in [-0.2, 0) is 24.7 Å². The van der Waals surface area contributed by atoms with E-state index < -0.39 is 38.4 Å². The minimum Gasteiger partial charge on any atom is -0.348 e. The monoisotopic (exact) mass is 540 g/mol. The van der Waals surface area contributed by atoms with E-state index in [9.17, 15) is 21.6 Å². The summed E-state index contributed by atoms with van der Waals surface area (Å²) in [6.07, 6.45) is 1.11. The maximum Gasteiger partial charge on any atom is 0.264 e. The Balaban J connectivity index is 1.89. The van der Waals surface area contributed by atoms with E-state index in [1.165, 1.54) is 36.4 Å². The third kappa shape index (κ3) is 5.90. The van der Waals surface area contributed by atoms with Crippen molar-refractivity contribution in [2.45, 2.75) is 22.8 Å². The van der Waals surface area contributed by atoms with Gasteiger partial charge < -0.3 is 5.32 Å². The van der Waals surface area contributed by atoms with Gasteiger partial charge in [0.2, 0.25) is 5.91 Å². The Hall–Kier alpha value is -2.59. The van der Waals surface area contributed by atoms with E-state index in [0.717, 1.165) is 10.6 Å². The number of benzene rings is 3. The zero-order chi connectivity index (χ0) is 25.1. The van der Waals surface area contributed by atoms with E-state index in [-0.39, 0.29) is 25.5 Å². The molecule has 0 heterocycles. The predicted molar refractivity (Wildman–Crippen MR) is 134 cm³/mol. The summed E-state index contributed by atoms with van der Waals surface area (Å²) in [6.45, 7) is 1.15. The maximum atomic E-state index is 13.4. The number of sulfonamides is 1. The molecule has 3 aromatic rings. The number of halogens is 2. The van der Waals surface area contributed by atoms with Crippen LogP contribution in [-0.4, -0.2) is 35.5 Å². The van der Waals surface area contributed by atoms with E-state index in [1.807, 2.05) is 0 Å². The molecule has 1 amide bonds. The summed E-state index contributed by atoms with van der Waals surface area (Å²) in [6, 6.07) is 17.8. The van der Waals surface area contributed by atoms with E-state index >= 15 is 0 Å². The molecule has 180 valence electrons. The molecular weight excluding hydrogens is 519 g/mol. The highest BCUT2D eigenvalue weighted by Gasteiger charge is 2.29. The van der Waals surface area contributed by atoms with Crippen LogP contribution in [0.15, 0.2) is 82.6 Å². The average molecular weight is 541 g/mol. The lowest BCUT2D eigenvalue weighted by Crippen LogP contribution is -2.41. The fraction of sp³-hybridized carbons (Fsp3) is 0.174. The minimum absolute atomic E-state index is 0.000819. The molecule has 1 atom stereocenters. The van der Waals surface area contributed by atoms with Crippen LogP contribution in [0, 0.1) is 0 Å². The number of amides is 1. The van der Waals surface area contributed by atoms with Crippen LogP contribution in [0.4, 0.5) is 5.69 Å². The summed E-state index contributed by atoms with van der Waals surface area (Å²) >= 11 is 12.4. The van der Waals surface area contributed by atoms with E-state index in [0.29, 0.717) is 5.56 Å². The van der Waals surface area contributed by atoms with Gasteiger partial charge in [0.05, 0.1) is 31.6 Å². The molecule has 3 aromatic carbocycles. The van der Waals surface area contributed by atoms with Crippen molar-refractivity contribution in [3.63, 3.8) is 0 Å². The molecule has 0 aromatic heterocycles. The van der Waals surface area contributed by atoms with Gasteiger partial charge in [-0.15, -0.1) is 0 Å². The fourth-order valence-electron chi connectivity index (χ4n) is 3.21. The number of nitrogens with zero attached hydrogens (tertiary/aromatic N) is 1. The van der Waals surface area contributed by atoms with E-state index in [4.69, 9.17) is 23.2 Å². The maximum absolute atomic E-state index is 13.4. The lowest BCUT2D eigenvalue weighted by molar-refractivity contribution is -0.120. The minimum atomic E-state index is -4.15. The first-order chi connectivity index (χ1) is 15.9. The molecule has 0 saturated carbocycles. The van der Waals surface area contributed by atoms with Gasteiger partial charge in [-0.05, 0) is 48.9 Å². The van der Waals surface area contributed by atoms with Crippen LogP contribution in [0.25, 0.3) is 0 Å². The van der Waals surface area contributed by atoms with Crippen molar-refractivity contribution in [2.75, 3.05) is 17.1 Å². The number of nitrogens with one attached hydrogen (secondary N) is 1. The molecule has 0 aliphatic carbocycles. The van der Waals surface area contributed by atoms with Crippen LogP contribution >= 0.6 is 23.2 Å². The molecule has 1 N–H and O–H groups in total. The molecule has 0 bridgehead atoms. The number of rotatable bonds is 8. The van der Waals surface area contributed by atoms with Crippen LogP contribution in [0.3, 0.4) is 0 Å². The lowest BCUT2D eigenvalue weighted by atomic mass is 10.1. The highest BCUT2D eigenvalue weighted by molar-refractivity contribution is 7.93. The fourth-order valence-corrected chi connectivity index (χ4v) is 5.74. The highest BCUT2D eigenvalue weighted by Crippen LogP contribution is 2.35. The first kappa shape index (κ1) is 26.0. The Kier molecular flexibility index (Phi) is 7.92. The topological polar surface area (TPSA) is 101 Å². The zero-order valence-electron chi connectivity index (χ0n) is 18.3. The number of carbonyl (C=O) groups is 1. The number of carbonyl (C=O) groups excluding carboxylic acids is 1. The van der Waals surface area contributed by atoms with Crippen molar-refractivity contribution in [3.8, 4) is 0 Å². The molecule has 1 unspecified atom stereocenters. The van der Waals surface area contributed by atoms with Crippen LogP contribution in [0.5, 0.6) is 0 Å². The molecule has 11 heteroatoms. The van der Waals surface area contributed by atoms with Gasteiger partial charge in [-0.2, -0.15) is 0 Å². The molecule has 3 rings (SSSR count). The van der Waals surface area contributed by atoms with Gasteiger partial charge in [0.15, 0.2) is 9.84 Å². The first-order valence-corrected chi connectivity index (χ1v) is 14.1. The molecule has 0 spiro atoms. The predicted octanol–water partition coefficient (Wildman–Crippen LogP) is 4.47. The van der Waals surface area contributed by atoms with Crippen molar-refractivity contribution < 1.29 is 21.6 Å². The van der Waals surface area contributed by atoms with Crippen LogP contribution < -0.4 is 9.62 Å². The van der Waals surface area contributed by atoms with Crippen molar-refractivity contribution >= 4 is 54.7 Å². The lowest BCUT2D eigenvalue weighted by Gasteiger charge is -2.26. The van der Waals surface area contributed by atoms with Crippen molar-refractivity contribution in [1.29, 1.82) is 0 Å². The third-order valence-electron chi connectivity index (χ3n) is 5.00. The molecule has 0 aliphatic heterocycles. The van der Waals surface area contributed by atoms with Crippen molar-refractivity contribution in [1.82, 2.24) is 5.32 Å². The van der Waals surface area contributed by atoms with Gasteiger partial charge in [0.1, 0.15) is 6.54 Å². The van der Waals surface area contributed by atoms with Gasteiger partial charge in [-0.1, -0.05) is 59.6 Å². The van der Waals surface area contributed by atoms with Crippen LogP contribution in [0.1, 0.15) is 18.5 Å². The molecule has 0 saturated heterocycles. The molecule has 34 heavy (non-hydrogen) atoms. The van der Waals surface area contributed by atoms with E-state index in [2.05, 4.69) is 5.32 Å². The standard InChI is InChI=1S/C23H22Cl2N2O5S2/c1-16(17-11-13-18(14-12-17)33(2,29)30)26-22(28)15-27(21-10-6-9-20(24)23(21)25)34(31,32)19-7-4-3-5-8-19/h3-14,16H,15H2,1-2H3,(H,26,28). The summed E-state index contributed by atoms with van der Waals surface area (Å²) in [5, 5.41) is 2.89. The summed E-state index contributed by atoms with van der Waals surface area (Å²) in [7, 11) is -7.50. The van der Waals surface area contributed by atoms with Crippen molar-refractivity contribution in [2.24, 2.45) is 0 Å². The second-order valence-electron chi connectivity index (χ2n) is 7.53. The largest absolute Gasteiger partial charge is 0.348 e. The van der Waals surface area contributed by atoms with Gasteiger partial charge >= 0.3 is 0 Å². The summed E-state index contributed by atoms with van der Waals surface area (Å²) in [5.74, 6) is -0.588. The van der Waals surface area contributed by atoms with E-state index in [1.54, 1.807) is 43.3 Å². The summed E-state index contributed by atoms with van der Waals surface area (Å²) in [5.41, 5.74) is 0.720. The third-order valence-corrected chi connectivity index (χ3v) is 8.72. The molecule has 0 radical (unpaired) electrons. The molecule has 7 nitrogen and oxygen atoms in total. The SMILES string of the molecule is CC(NC(=O)CN(c1cccc(Cl)c1Cl)S(=O)(=O)c1ccccc1)c1ccc(S(C)(=O)=O)cc1. The molecular formula is C23H22Cl2N2O5S2. The van der Waals surface area contributed by atoms with Gasteiger partial charge in [-0.25, -0.2) is 16.8 Å². The van der Waals surface area contributed by atoms with Crippen molar-refractivity contribution in [3.05, 3.63) is 88.4 Å². The smallest absolute Gasteiger partial charge is 0.264 e. The Morgan fingerprint density at radius 1 is 0.882 bits per heavy atom. The highest BCUT2D eigenvalue weighted by atomic mass is 35.5. The zero-order valence-corrected chi connectivity index (χ0v) is 21.4. The Morgan fingerprint density at radius 3 is 2.09 bits per heavy atom. The normalized spacial score (nSPS) is 12.7. The Labute approximate surface area is 209 Å². The molecule has 0 aliphatic rings. The summed E-state index contributed by atoms with van der Waals surface area (Å²) in [4.78, 5) is 13.1. The second-order valence-corrected chi connectivity index (χ2v) is 12.2. The van der Waals surface area contributed by atoms with Gasteiger partial charge in [0.25, 0.3) is 10.0 Å². The second kappa shape index (κ2) is 10.4. The number of hydrogen-bond acceptors (Lipinski definition) is 5. The van der Waals surface area contributed by atoms with Gasteiger partial charge in [0, 0.05) is 6.26 Å². The molecule has 0 fully saturated rings. The number of hydrogen-bond donors (Lipinski definition) is 1. The summed E-state index contributed by atoms with van der Waals surface area (Å²) < 4.78 is 51.0.